The van der Waals surface area contributed by atoms with Gasteiger partial charge in [-0.3, -0.25) is 14.9 Å². The van der Waals surface area contributed by atoms with Gasteiger partial charge in [-0.05, 0) is 13.0 Å². The van der Waals surface area contributed by atoms with Crippen molar-refractivity contribution in [3.05, 3.63) is 28.3 Å². The molecule has 0 fully saturated rings. The molecule has 1 aromatic heterocycles. The molecule has 0 saturated heterocycles. The van der Waals surface area contributed by atoms with Crippen LogP contribution in [0, 0.1) is 10.1 Å². The smallest absolute Gasteiger partial charge is 0.316 e. The molecule has 7 nitrogen and oxygen atoms in total. The Balaban J connectivity index is 2.13. The van der Waals surface area contributed by atoms with E-state index in [0.717, 1.165) is 11.8 Å². The van der Waals surface area contributed by atoms with Crippen LogP contribution in [0.4, 0.5) is 5.69 Å². The Kier molecular flexibility index (Phi) is 4.00. The van der Waals surface area contributed by atoms with Crippen molar-refractivity contribution >= 4 is 34.5 Å². The molecule has 0 spiro atoms. The third kappa shape index (κ3) is 3.22. The molecule has 0 radical (unpaired) electrons. The minimum absolute atomic E-state index is 0.0530. The first kappa shape index (κ1) is 13.3. The molecule has 0 atom stereocenters. The number of nitro benzene ring substituents is 1. The molecule has 19 heavy (non-hydrogen) atoms. The van der Waals surface area contributed by atoms with E-state index in [-0.39, 0.29) is 22.6 Å². The van der Waals surface area contributed by atoms with Crippen LogP contribution < -0.4 is 0 Å². The van der Waals surface area contributed by atoms with Crippen molar-refractivity contribution in [3.63, 3.8) is 0 Å². The highest BCUT2D eigenvalue weighted by Gasteiger charge is 2.13. The van der Waals surface area contributed by atoms with E-state index in [1.54, 1.807) is 6.92 Å². The fraction of sp³-hybridized carbons (Fsp3) is 0.273. The fourth-order valence-corrected chi connectivity index (χ4v) is 2.03. The normalized spacial score (nSPS) is 10.6. The molecule has 2 aromatic rings. The van der Waals surface area contributed by atoms with Crippen LogP contribution in [0.5, 0.6) is 0 Å². The minimum atomic E-state index is -0.500. The molecule has 8 heteroatoms. The van der Waals surface area contributed by atoms with E-state index < -0.39 is 4.92 Å². The predicted octanol–water partition coefficient (Wildman–Crippen LogP) is 2.39. The molecule has 0 aliphatic heterocycles. The summed E-state index contributed by atoms with van der Waals surface area (Å²) in [6.07, 6.45) is 0. The van der Waals surface area contributed by atoms with Gasteiger partial charge in [0.1, 0.15) is 11.3 Å². The lowest BCUT2D eigenvalue weighted by atomic mass is 10.3. The van der Waals surface area contributed by atoms with Gasteiger partial charge in [0, 0.05) is 12.1 Å². The number of nitro groups is 1. The van der Waals surface area contributed by atoms with Crippen LogP contribution in [-0.4, -0.2) is 28.2 Å². The Bertz CT molecular complexity index is 625. The molecule has 1 aromatic carbocycles. The number of non-ortho nitro benzene ring substituents is 1. The number of ether oxygens (including phenoxy) is 1. The maximum Gasteiger partial charge on any atom is 0.316 e. The lowest BCUT2D eigenvalue weighted by Crippen LogP contribution is -2.06. The summed E-state index contributed by atoms with van der Waals surface area (Å²) in [6, 6.07) is 4.15. The molecule has 0 amide bonds. The number of rotatable bonds is 5. The third-order valence-electron chi connectivity index (χ3n) is 2.18. The standard InChI is InChI=1S/C11H10N2O5S/c1-2-17-10(14)6-19-11-12-8-5-7(13(15)16)3-4-9(8)18-11/h3-5H,2,6H2,1H3. The Morgan fingerprint density at radius 2 is 2.37 bits per heavy atom. The van der Waals surface area contributed by atoms with E-state index in [9.17, 15) is 14.9 Å². The molecule has 0 N–H and O–H groups in total. The van der Waals surface area contributed by atoms with E-state index in [1.807, 2.05) is 0 Å². The van der Waals surface area contributed by atoms with Gasteiger partial charge in [0.05, 0.1) is 11.5 Å². The summed E-state index contributed by atoms with van der Waals surface area (Å²) in [4.78, 5) is 25.4. The van der Waals surface area contributed by atoms with Crippen molar-refractivity contribution in [1.82, 2.24) is 4.98 Å². The van der Waals surface area contributed by atoms with Crippen LogP contribution in [0.1, 0.15) is 6.92 Å². The van der Waals surface area contributed by atoms with Crippen LogP contribution in [0.2, 0.25) is 0 Å². The summed E-state index contributed by atoms with van der Waals surface area (Å²) in [5.74, 6) is -0.274. The molecule has 0 aliphatic carbocycles. The van der Waals surface area contributed by atoms with E-state index in [1.165, 1.54) is 18.2 Å². The second-order valence-electron chi connectivity index (χ2n) is 3.48. The number of fused-ring (bicyclic) bond motifs is 1. The molecule has 0 saturated carbocycles. The van der Waals surface area contributed by atoms with E-state index in [0.29, 0.717) is 17.7 Å². The number of hydrogen-bond acceptors (Lipinski definition) is 7. The summed E-state index contributed by atoms with van der Waals surface area (Å²) < 4.78 is 10.1. The van der Waals surface area contributed by atoms with Gasteiger partial charge in [0.15, 0.2) is 5.58 Å². The minimum Gasteiger partial charge on any atom is -0.465 e. The number of benzene rings is 1. The number of oxazole rings is 1. The molecular formula is C11H10N2O5S. The Labute approximate surface area is 112 Å². The number of hydrogen-bond donors (Lipinski definition) is 0. The largest absolute Gasteiger partial charge is 0.465 e. The Morgan fingerprint density at radius 1 is 1.58 bits per heavy atom. The van der Waals surface area contributed by atoms with Gasteiger partial charge in [-0.15, -0.1) is 0 Å². The van der Waals surface area contributed by atoms with Gasteiger partial charge in [-0.1, -0.05) is 11.8 Å². The van der Waals surface area contributed by atoms with Crippen LogP contribution in [0.15, 0.2) is 27.8 Å². The number of nitrogens with zero attached hydrogens (tertiary/aromatic N) is 2. The van der Waals surface area contributed by atoms with E-state index in [2.05, 4.69) is 4.98 Å². The van der Waals surface area contributed by atoms with E-state index in [4.69, 9.17) is 9.15 Å². The van der Waals surface area contributed by atoms with Crippen molar-refractivity contribution in [2.75, 3.05) is 12.4 Å². The molecule has 100 valence electrons. The molecular weight excluding hydrogens is 272 g/mol. The zero-order valence-corrected chi connectivity index (χ0v) is 10.8. The molecule has 0 aliphatic rings. The second kappa shape index (κ2) is 5.70. The first-order valence-corrected chi connectivity index (χ1v) is 6.42. The van der Waals surface area contributed by atoms with Gasteiger partial charge in [0.2, 0.25) is 0 Å². The monoisotopic (exact) mass is 282 g/mol. The lowest BCUT2D eigenvalue weighted by Gasteiger charge is -1.97. The number of aromatic nitrogens is 1. The third-order valence-corrected chi connectivity index (χ3v) is 2.98. The first-order chi connectivity index (χ1) is 9.10. The predicted molar refractivity (Wildman–Crippen MR) is 68.0 cm³/mol. The Morgan fingerprint density at radius 3 is 3.05 bits per heavy atom. The van der Waals surface area contributed by atoms with Crippen LogP contribution >= 0.6 is 11.8 Å². The van der Waals surface area contributed by atoms with Crippen molar-refractivity contribution in [2.24, 2.45) is 0 Å². The maximum atomic E-state index is 11.2. The molecule has 0 bridgehead atoms. The van der Waals surface area contributed by atoms with Gasteiger partial charge in [-0.25, -0.2) is 4.98 Å². The first-order valence-electron chi connectivity index (χ1n) is 5.43. The van der Waals surface area contributed by atoms with Gasteiger partial charge in [0.25, 0.3) is 10.9 Å². The molecule has 1 heterocycles. The number of esters is 1. The fourth-order valence-electron chi connectivity index (χ4n) is 1.39. The van der Waals surface area contributed by atoms with Crippen molar-refractivity contribution in [2.45, 2.75) is 12.1 Å². The number of carbonyl (C=O) groups is 1. The van der Waals surface area contributed by atoms with Gasteiger partial charge >= 0.3 is 5.97 Å². The van der Waals surface area contributed by atoms with Crippen LogP contribution in [-0.2, 0) is 9.53 Å². The summed E-state index contributed by atoms with van der Waals surface area (Å²) >= 11 is 1.09. The zero-order chi connectivity index (χ0) is 13.8. The summed E-state index contributed by atoms with van der Waals surface area (Å²) in [7, 11) is 0. The van der Waals surface area contributed by atoms with Gasteiger partial charge < -0.3 is 9.15 Å². The Hall–Kier alpha value is -2.09. The van der Waals surface area contributed by atoms with Gasteiger partial charge in [-0.2, -0.15) is 0 Å². The molecule has 0 unspecified atom stereocenters. The quantitative estimate of drug-likeness (QED) is 0.359. The van der Waals surface area contributed by atoms with E-state index >= 15 is 0 Å². The SMILES string of the molecule is CCOC(=O)CSc1nc2cc([N+](=O)[O-])ccc2o1. The average Bonchev–Trinajstić information content (AvgIpc) is 2.78. The number of carbonyl (C=O) groups excluding carboxylic acids is 1. The second-order valence-corrected chi connectivity index (χ2v) is 4.41. The van der Waals surface area contributed by atoms with Crippen molar-refractivity contribution < 1.29 is 18.9 Å². The lowest BCUT2D eigenvalue weighted by molar-refractivity contribution is -0.384. The summed E-state index contributed by atoms with van der Waals surface area (Å²) in [6.45, 7) is 2.04. The highest BCUT2D eigenvalue weighted by Crippen LogP contribution is 2.26. The highest BCUT2D eigenvalue weighted by molar-refractivity contribution is 7.99. The summed E-state index contributed by atoms with van der Waals surface area (Å²) in [5, 5.41) is 10.9. The topological polar surface area (TPSA) is 95.5 Å². The van der Waals surface area contributed by atoms with Crippen LogP contribution in [0.25, 0.3) is 11.1 Å². The molecule has 2 rings (SSSR count). The zero-order valence-electron chi connectivity index (χ0n) is 9.99. The maximum absolute atomic E-state index is 11.2. The van der Waals surface area contributed by atoms with Crippen LogP contribution in [0.3, 0.4) is 0 Å². The van der Waals surface area contributed by atoms with Crippen molar-refractivity contribution in [1.29, 1.82) is 0 Å². The highest BCUT2D eigenvalue weighted by atomic mass is 32.2. The van der Waals surface area contributed by atoms with Crippen molar-refractivity contribution in [3.8, 4) is 0 Å². The summed E-state index contributed by atoms with van der Waals surface area (Å²) in [5.41, 5.74) is 0.778. The average molecular weight is 282 g/mol. The number of thioether (sulfide) groups is 1.